The van der Waals surface area contributed by atoms with Crippen LogP contribution in [0.25, 0.3) is 0 Å². The van der Waals surface area contributed by atoms with E-state index >= 15 is 0 Å². The van der Waals surface area contributed by atoms with E-state index in [0.717, 1.165) is 31.6 Å². The number of piperazine rings is 1. The summed E-state index contributed by atoms with van der Waals surface area (Å²) < 4.78 is 27.0. The van der Waals surface area contributed by atoms with E-state index < -0.39 is 10.0 Å². The van der Waals surface area contributed by atoms with Gasteiger partial charge in [0, 0.05) is 32.1 Å². The van der Waals surface area contributed by atoms with Gasteiger partial charge in [-0.05, 0) is 30.7 Å². The Balaban J connectivity index is 2.19. The SMILES string of the molecule is CCCN1CCN(S(=O)(=O)c2cc(CCl)ccc2Cl)CC1. The molecule has 1 aromatic rings. The van der Waals surface area contributed by atoms with Crippen LogP contribution in [-0.4, -0.2) is 50.3 Å². The predicted molar refractivity (Wildman–Crippen MR) is 86.5 cm³/mol. The molecule has 0 amide bonds. The van der Waals surface area contributed by atoms with Crippen molar-refractivity contribution in [2.75, 3.05) is 32.7 Å². The Morgan fingerprint density at radius 2 is 1.86 bits per heavy atom. The van der Waals surface area contributed by atoms with Gasteiger partial charge in [-0.25, -0.2) is 8.42 Å². The van der Waals surface area contributed by atoms with E-state index in [1.165, 1.54) is 4.31 Å². The van der Waals surface area contributed by atoms with Gasteiger partial charge in [-0.15, -0.1) is 11.6 Å². The average molecular weight is 351 g/mol. The third-order valence-corrected chi connectivity index (χ3v) is 6.33. The molecule has 1 aliphatic heterocycles. The lowest BCUT2D eigenvalue weighted by atomic mass is 10.2. The first kappa shape index (κ1) is 17.0. The van der Waals surface area contributed by atoms with Gasteiger partial charge in [0.2, 0.25) is 10.0 Å². The summed E-state index contributed by atoms with van der Waals surface area (Å²) in [4.78, 5) is 2.44. The smallest absolute Gasteiger partial charge is 0.244 e. The van der Waals surface area contributed by atoms with Crippen LogP contribution in [0.2, 0.25) is 5.02 Å². The topological polar surface area (TPSA) is 40.6 Å². The highest BCUT2D eigenvalue weighted by atomic mass is 35.5. The van der Waals surface area contributed by atoms with Gasteiger partial charge in [0.25, 0.3) is 0 Å². The predicted octanol–water partition coefficient (Wildman–Crippen LogP) is 2.80. The Morgan fingerprint density at radius 3 is 2.43 bits per heavy atom. The molecule has 1 heterocycles. The van der Waals surface area contributed by atoms with E-state index in [9.17, 15) is 8.42 Å². The monoisotopic (exact) mass is 350 g/mol. The van der Waals surface area contributed by atoms with Crippen molar-refractivity contribution >= 4 is 33.2 Å². The third kappa shape index (κ3) is 3.90. The van der Waals surface area contributed by atoms with E-state index in [1.807, 2.05) is 0 Å². The number of rotatable bonds is 5. The number of hydrogen-bond acceptors (Lipinski definition) is 3. The largest absolute Gasteiger partial charge is 0.301 e. The second-order valence-electron chi connectivity index (χ2n) is 5.14. The molecule has 21 heavy (non-hydrogen) atoms. The first-order valence-electron chi connectivity index (χ1n) is 7.06. The van der Waals surface area contributed by atoms with Crippen LogP contribution in [0.5, 0.6) is 0 Å². The fourth-order valence-corrected chi connectivity index (χ4v) is 4.59. The zero-order chi connectivity index (χ0) is 15.5. The number of sulfonamides is 1. The fourth-order valence-electron chi connectivity index (χ4n) is 2.48. The van der Waals surface area contributed by atoms with Crippen LogP contribution in [0.1, 0.15) is 18.9 Å². The molecule has 7 heteroatoms. The van der Waals surface area contributed by atoms with Crippen LogP contribution in [0.15, 0.2) is 23.1 Å². The number of hydrogen-bond donors (Lipinski definition) is 0. The van der Waals surface area contributed by atoms with Crippen molar-refractivity contribution in [2.24, 2.45) is 0 Å². The van der Waals surface area contributed by atoms with Gasteiger partial charge in [0.1, 0.15) is 4.90 Å². The number of nitrogens with zero attached hydrogens (tertiary/aromatic N) is 2. The lowest BCUT2D eigenvalue weighted by molar-refractivity contribution is 0.188. The van der Waals surface area contributed by atoms with Crippen molar-refractivity contribution in [2.45, 2.75) is 24.1 Å². The molecule has 4 nitrogen and oxygen atoms in total. The molecule has 0 N–H and O–H groups in total. The summed E-state index contributed by atoms with van der Waals surface area (Å²) in [5.41, 5.74) is 0.754. The molecule has 1 aliphatic rings. The summed E-state index contributed by atoms with van der Waals surface area (Å²) in [5.74, 6) is 0.268. The van der Waals surface area contributed by atoms with Crippen LogP contribution in [-0.2, 0) is 15.9 Å². The van der Waals surface area contributed by atoms with Crippen molar-refractivity contribution in [3.8, 4) is 0 Å². The highest BCUT2D eigenvalue weighted by Crippen LogP contribution is 2.27. The van der Waals surface area contributed by atoms with Crippen LogP contribution in [0.4, 0.5) is 0 Å². The van der Waals surface area contributed by atoms with Crippen molar-refractivity contribution in [3.05, 3.63) is 28.8 Å². The lowest BCUT2D eigenvalue weighted by Crippen LogP contribution is -2.48. The molecule has 0 spiro atoms. The summed E-state index contributed by atoms with van der Waals surface area (Å²) in [6.45, 7) is 5.67. The Morgan fingerprint density at radius 1 is 1.19 bits per heavy atom. The van der Waals surface area contributed by atoms with Gasteiger partial charge in [-0.1, -0.05) is 24.6 Å². The summed E-state index contributed by atoms with van der Waals surface area (Å²) >= 11 is 11.9. The highest BCUT2D eigenvalue weighted by Gasteiger charge is 2.29. The molecule has 1 saturated heterocycles. The molecule has 1 aromatic carbocycles. The Hall–Kier alpha value is -0.330. The molecule has 2 rings (SSSR count). The summed E-state index contributed by atoms with van der Waals surface area (Å²) in [6, 6.07) is 4.91. The molecule has 0 bridgehead atoms. The Bertz CT molecular complexity index is 585. The minimum Gasteiger partial charge on any atom is -0.301 e. The lowest BCUT2D eigenvalue weighted by Gasteiger charge is -2.33. The van der Waals surface area contributed by atoms with Gasteiger partial charge in [0.15, 0.2) is 0 Å². The van der Waals surface area contributed by atoms with Gasteiger partial charge < -0.3 is 4.90 Å². The second-order valence-corrected chi connectivity index (χ2v) is 7.72. The maximum absolute atomic E-state index is 12.7. The van der Waals surface area contributed by atoms with Gasteiger partial charge in [-0.2, -0.15) is 4.31 Å². The highest BCUT2D eigenvalue weighted by molar-refractivity contribution is 7.89. The van der Waals surface area contributed by atoms with E-state index in [4.69, 9.17) is 23.2 Å². The third-order valence-electron chi connectivity index (χ3n) is 3.64. The molecular weight excluding hydrogens is 331 g/mol. The maximum Gasteiger partial charge on any atom is 0.244 e. The van der Waals surface area contributed by atoms with Crippen LogP contribution < -0.4 is 0 Å². The molecule has 0 unspecified atom stereocenters. The van der Waals surface area contributed by atoms with Crippen LogP contribution in [0, 0.1) is 0 Å². The molecule has 118 valence electrons. The minimum absolute atomic E-state index is 0.159. The first-order valence-corrected chi connectivity index (χ1v) is 9.41. The second kappa shape index (κ2) is 7.29. The number of benzene rings is 1. The van der Waals surface area contributed by atoms with E-state index in [2.05, 4.69) is 11.8 Å². The Labute approximate surface area is 136 Å². The van der Waals surface area contributed by atoms with Crippen LogP contribution in [0.3, 0.4) is 0 Å². The average Bonchev–Trinajstić information content (AvgIpc) is 2.48. The molecule has 0 saturated carbocycles. The molecule has 0 aromatic heterocycles. The maximum atomic E-state index is 12.7. The summed E-state index contributed by atoms with van der Waals surface area (Å²) in [7, 11) is -3.55. The van der Waals surface area contributed by atoms with Crippen molar-refractivity contribution in [1.82, 2.24) is 9.21 Å². The van der Waals surface area contributed by atoms with Crippen LogP contribution >= 0.6 is 23.2 Å². The molecule has 0 radical (unpaired) electrons. The molecule has 1 fully saturated rings. The molecule has 0 atom stereocenters. The zero-order valence-electron chi connectivity index (χ0n) is 12.1. The number of alkyl halides is 1. The molecule has 0 aliphatic carbocycles. The van der Waals surface area contributed by atoms with Gasteiger partial charge in [-0.3, -0.25) is 0 Å². The van der Waals surface area contributed by atoms with Gasteiger partial charge in [0.05, 0.1) is 5.02 Å². The fraction of sp³-hybridized carbons (Fsp3) is 0.571. The first-order chi connectivity index (χ1) is 9.98. The standard InChI is InChI=1S/C14H20Cl2N2O2S/c1-2-5-17-6-8-18(9-7-17)21(19,20)14-10-12(11-15)3-4-13(14)16/h3-4,10H,2,5-9,11H2,1H3. The van der Waals surface area contributed by atoms with Crippen molar-refractivity contribution in [1.29, 1.82) is 0 Å². The summed E-state index contributed by atoms with van der Waals surface area (Å²) in [5, 5.41) is 0.250. The quantitative estimate of drug-likeness (QED) is 0.766. The minimum atomic E-state index is -3.55. The van der Waals surface area contributed by atoms with E-state index in [-0.39, 0.29) is 15.8 Å². The van der Waals surface area contributed by atoms with Gasteiger partial charge >= 0.3 is 0 Å². The van der Waals surface area contributed by atoms with E-state index in [1.54, 1.807) is 18.2 Å². The van der Waals surface area contributed by atoms with Crippen molar-refractivity contribution in [3.63, 3.8) is 0 Å². The zero-order valence-corrected chi connectivity index (χ0v) is 14.4. The van der Waals surface area contributed by atoms with Crippen molar-refractivity contribution < 1.29 is 8.42 Å². The normalized spacial score (nSPS) is 18.0. The molecular formula is C14H20Cl2N2O2S. The number of halogens is 2. The Kier molecular flexibility index (Phi) is 5.91. The summed E-state index contributed by atoms with van der Waals surface area (Å²) in [6.07, 6.45) is 1.08. The van der Waals surface area contributed by atoms with E-state index in [0.29, 0.717) is 13.1 Å².